The fourth-order valence-corrected chi connectivity index (χ4v) is 5.04. The van der Waals surface area contributed by atoms with Gasteiger partial charge >= 0.3 is 0 Å². The SMILES string of the molecule is CS(=O)(=O)C1=NN2C(=N)/C(=C/c3ccc(OCCOc4ccccc4)c(Br)c3)C(=O)N=C2S1. The second kappa shape index (κ2) is 9.49. The predicted molar refractivity (Wildman–Crippen MR) is 131 cm³/mol. The van der Waals surface area contributed by atoms with E-state index in [0.29, 0.717) is 29.0 Å². The number of fused-ring (bicyclic) bond motifs is 1. The third-order valence-electron chi connectivity index (χ3n) is 4.37. The van der Waals surface area contributed by atoms with Gasteiger partial charge < -0.3 is 9.47 Å². The van der Waals surface area contributed by atoms with Crippen LogP contribution >= 0.6 is 27.7 Å². The van der Waals surface area contributed by atoms with Crippen molar-refractivity contribution >= 4 is 64.9 Å². The molecule has 0 fully saturated rings. The fourth-order valence-electron chi connectivity index (χ4n) is 2.84. The quantitative estimate of drug-likeness (QED) is 0.432. The van der Waals surface area contributed by atoms with Gasteiger partial charge in [-0.05, 0) is 63.6 Å². The Morgan fingerprint density at radius 1 is 1.15 bits per heavy atom. The minimum atomic E-state index is -3.58. The first-order valence-corrected chi connectivity index (χ1v) is 13.0. The summed E-state index contributed by atoms with van der Waals surface area (Å²) in [5.74, 6) is 0.471. The lowest BCUT2D eigenvalue weighted by Crippen LogP contribution is -2.35. The molecule has 2 aromatic rings. The number of hydrogen-bond donors (Lipinski definition) is 1. The highest BCUT2D eigenvalue weighted by Crippen LogP contribution is 2.31. The molecular weight excluding hydrogens is 532 g/mol. The minimum absolute atomic E-state index is 0.00493. The first kappa shape index (κ1) is 23.2. The lowest BCUT2D eigenvalue weighted by Gasteiger charge is -2.20. The van der Waals surface area contributed by atoms with Crippen LogP contribution in [0.2, 0.25) is 0 Å². The second-order valence-electron chi connectivity index (χ2n) is 6.86. The van der Waals surface area contributed by atoms with E-state index in [2.05, 4.69) is 26.0 Å². The van der Waals surface area contributed by atoms with Crippen LogP contribution in [0.3, 0.4) is 0 Å². The fraction of sp³-hybridized carbons (Fsp3) is 0.143. The molecule has 0 atom stereocenters. The highest BCUT2D eigenvalue weighted by atomic mass is 79.9. The Balaban J connectivity index is 1.45. The molecule has 0 bridgehead atoms. The number of nitrogens with zero attached hydrogens (tertiary/aromatic N) is 3. The van der Waals surface area contributed by atoms with Crippen molar-refractivity contribution in [3.05, 3.63) is 64.1 Å². The molecule has 12 heteroatoms. The Bertz CT molecular complexity index is 1320. The summed E-state index contributed by atoms with van der Waals surface area (Å²) in [6, 6.07) is 14.6. The van der Waals surface area contributed by atoms with Crippen LogP contribution in [0.5, 0.6) is 11.5 Å². The highest BCUT2D eigenvalue weighted by Gasteiger charge is 2.38. The number of amidine groups is 2. The number of carbonyl (C=O) groups excluding carboxylic acids is 1. The smallest absolute Gasteiger partial charge is 0.283 e. The van der Waals surface area contributed by atoms with E-state index in [9.17, 15) is 13.2 Å². The van der Waals surface area contributed by atoms with Crippen molar-refractivity contribution < 1.29 is 22.7 Å². The van der Waals surface area contributed by atoms with Gasteiger partial charge in [0.25, 0.3) is 5.91 Å². The van der Waals surface area contributed by atoms with E-state index in [1.54, 1.807) is 18.2 Å². The van der Waals surface area contributed by atoms with Gasteiger partial charge in [0.15, 0.2) is 5.84 Å². The molecule has 2 aromatic carbocycles. The normalized spacial score (nSPS) is 17.0. The van der Waals surface area contributed by atoms with Crippen molar-refractivity contribution in [1.82, 2.24) is 5.01 Å². The average molecular weight is 549 g/mol. The summed E-state index contributed by atoms with van der Waals surface area (Å²) in [7, 11) is -3.58. The van der Waals surface area contributed by atoms with Crippen LogP contribution < -0.4 is 9.47 Å². The lowest BCUT2D eigenvalue weighted by molar-refractivity contribution is -0.114. The number of carbonyl (C=O) groups is 1. The van der Waals surface area contributed by atoms with Gasteiger partial charge in [0.1, 0.15) is 24.7 Å². The van der Waals surface area contributed by atoms with E-state index in [4.69, 9.17) is 14.9 Å². The number of amides is 1. The second-order valence-corrected chi connectivity index (χ2v) is 10.9. The summed E-state index contributed by atoms with van der Waals surface area (Å²) >= 11 is 4.19. The number of sulfone groups is 1. The number of nitrogens with one attached hydrogen (secondary N) is 1. The summed E-state index contributed by atoms with van der Waals surface area (Å²) < 4.78 is 35.3. The van der Waals surface area contributed by atoms with Crippen LogP contribution in [-0.2, 0) is 14.6 Å². The number of para-hydroxylation sites is 1. The largest absolute Gasteiger partial charge is 0.490 e. The van der Waals surface area contributed by atoms with Crippen LogP contribution in [-0.4, -0.2) is 54.2 Å². The number of hydrazone groups is 1. The molecule has 2 heterocycles. The van der Waals surface area contributed by atoms with Crippen LogP contribution in [0.4, 0.5) is 0 Å². The molecule has 0 unspecified atom stereocenters. The number of ether oxygens (including phenoxy) is 2. The van der Waals surface area contributed by atoms with Crippen LogP contribution in [0.1, 0.15) is 5.56 Å². The van der Waals surface area contributed by atoms with Crippen LogP contribution in [0.15, 0.2) is 68.7 Å². The summed E-state index contributed by atoms with van der Waals surface area (Å²) in [6.45, 7) is 0.708. The molecule has 4 rings (SSSR count). The van der Waals surface area contributed by atoms with E-state index in [0.717, 1.165) is 28.8 Å². The van der Waals surface area contributed by atoms with E-state index in [-0.39, 0.29) is 21.0 Å². The Kier molecular flexibility index (Phi) is 6.68. The summed E-state index contributed by atoms with van der Waals surface area (Å²) in [5.41, 5.74) is 0.621. The zero-order chi connectivity index (χ0) is 23.6. The van der Waals surface area contributed by atoms with Crippen molar-refractivity contribution in [3.8, 4) is 11.5 Å². The molecule has 33 heavy (non-hydrogen) atoms. The maximum absolute atomic E-state index is 12.5. The molecule has 1 N–H and O–H groups in total. The molecule has 0 spiro atoms. The van der Waals surface area contributed by atoms with E-state index in [1.807, 2.05) is 30.3 Å². The minimum Gasteiger partial charge on any atom is -0.490 e. The molecule has 0 radical (unpaired) electrons. The van der Waals surface area contributed by atoms with Gasteiger partial charge in [0, 0.05) is 6.26 Å². The van der Waals surface area contributed by atoms with Gasteiger partial charge in [-0.2, -0.15) is 10.0 Å². The third kappa shape index (κ3) is 5.34. The first-order valence-electron chi connectivity index (χ1n) is 9.53. The molecule has 2 aliphatic heterocycles. The number of aliphatic imine (C=N–C) groups is 1. The number of hydrogen-bond acceptors (Lipinski definition) is 8. The van der Waals surface area contributed by atoms with Crippen molar-refractivity contribution in [2.45, 2.75) is 0 Å². The van der Waals surface area contributed by atoms with Crippen molar-refractivity contribution in [2.24, 2.45) is 10.1 Å². The maximum atomic E-state index is 12.5. The molecule has 0 aliphatic carbocycles. The van der Waals surface area contributed by atoms with Crippen molar-refractivity contribution in [1.29, 1.82) is 5.41 Å². The Labute approximate surface area is 202 Å². The van der Waals surface area contributed by atoms with Crippen LogP contribution in [0.25, 0.3) is 6.08 Å². The zero-order valence-electron chi connectivity index (χ0n) is 17.2. The van der Waals surface area contributed by atoms with Crippen molar-refractivity contribution in [3.63, 3.8) is 0 Å². The molecule has 170 valence electrons. The third-order valence-corrected chi connectivity index (χ3v) is 7.57. The van der Waals surface area contributed by atoms with Gasteiger partial charge in [0.2, 0.25) is 19.4 Å². The topological polar surface area (TPSA) is 121 Å². The zero-order valence-corrected chi connectivity index (χ0v) is 20.4. The molecule has 0 saturated heterocycles. The molecular formula is C21H17BrN4O5S2. The average Bonchev–Trinajstić information content (AvgIpc) is 3.21. The first-order chi connectivity index (χ1) is 15.7. The molecule has 2 aliphatic rings. The predicted octanol–water partition coefficient (Wildman–Crippen LogP) is 3.53. The summed E-state index contributed by atoms with van der Waals surface area (Å²) in [6.07, 6.45) is 2.51. The summed E-state index contributed by atoms with van der Waals surface area (Å²) in [4.78, 5) is 16.3. The van der Waals surface area contributed by atoms with Gasteiger partial charge in [-0.3, -0.25) is 10.2 Å². The number of rotatable bonds is 6. The molecule has 9 nitrogen and oxygen atoms in total. The molecule has 0 aromatic heterocycles. The van der Waals surface area contributed by atoms with E-state index >= 15 is 0 Å². The Morgan fingerprint density at radius 3 is 2.58 bits per heavy atom. The Hall–Kier alpha value is -2.96. The number of halogens is 1. The van der Waals surface area contributed by atoms with E-state index < -0.39 is 15.7 Å². The van der Waals surface area contributed by atoms with Gasteiger partial charge in [-0.15, -0.1) is 5.10 Å². The number of thioether (sulfide) groups is 1. The van der Waals surface area contributed by atoms with Gasteiger partial charge in [0.05, 0.1) is 10.0 Å². The van der Waals surface area contributed by atoms with Gasteiger partial charge in [-0.25, -0.2) is 8.42 Å². The van der Waals surface area contributed by atoms with Crippen molar-refractivity contribution in [2.75, 3.05) is 19.5 Å². The molecule has 0 saturated carbocycles. The Morgan fingerprint density at radius 2 is 1.88 bits per heavy atom. The van der Waals surface area contributed by atoms with E-state index in [1.165, 1.54) is 6.08 Å². The summed E-state index contributed by atoms with van der Waals surface area (Å²) in [5, 5.41) is 13.3. The monoisotopic (exact) mass is 548 g/mol. The lowest BCUT2D eigenvalue weighted by atomic mass is 10.1. The highest BCUT2D eigenvalue weighted by molar-refractivity contribution is 9.10. The number of benzene rings is 2. The standard InChI is InChI=1S/C21H17BrN4O5S2/c1-33(28,29)21-25-26-18(23)15(19(27)24-20(26)32-21)11-13-7-8-17(16(22)12-13)31-10-9-30-14-5-3-2-4-6-14/h2-8,11-12,23H,9-10H2,1H3/b15-11-,23-18?. The van der Waals surface area contributed by atoms with Crippen LogP contribution in [0, 0.1) is 5.41 Å². The molecule has 1 amide bonds. The maximum Gasteiger partial charge on any atom is 0.283 e. The van der Waals surface area contributed by atoms with Gasteiger partial charge in [-0.1, -0.05) is 24.3 Å².